The molecule has 0 saturated heterocycles. The number of hydrogen-bond donors (Lipinski definition) is 1. The summed E-state index contributed by atoms with van der Waals surface area (Å²) in [7, 11) is 0. The molecule has 26 heavy (non-hydrogen) atoms. The lowest BCUT2D eigenvalue weighted by Crippen LogP contribution is -2.31. The van der Waals surface area contributed by atoms with Crippen LogP contribution in [-0.2, 0) is 11.2 Å². The van der Waals surface area contributed by atoms with E-state index in [4.69, 9.17) is 16.1 Å². The smallest absolute Gasteiger partial charge is 0.249 e. The van der Waals surface area contributed by atoms with Gasteiger partial charge in [-0.2, -0.15) is 4.98 Å². The Morgan fingerprint density at radius 1 is 1.15 bits per heavy atom. The number of rotatable bonds is 6. The van der Waals surface area contributed by atoms with E-state index in [1.165, 1.54) is 0 Å². The predicted molar refractivity (Wildman–Crippen MR) is 98.5 cm³/mol. The van der Waals surface area contributed by atoms with Crippen LogP contribution in [0, 0.1) is 5.92 Å². The Hall–Kier alpha value is -2.66. The molecule has 1 saturated carbocycles. The summed E-state index contributed by atoms with van der Waals surface area (Å²) in [6, 6.07) is 16.8. The highest BCUT2D eigenvalue weighted by molar-refractivity contribution is 6.30. The fourth-order valence-corrected chi connectivity index (χ4v) is 2.90. The summed E-state index contributed by atoms with van der Waals surface area (Å²) < 4.78 is 5.48. The van der Waals surface area contributed by atoms with Crippen molar-refractivity contribution in [1.82, 2.24) is 15.5 Å². The molecule has 2 aromatic carbocycles. The zero-order chi connectivity index (χ0) is 17.9. The largest absolute Gasteiger partial charge is 0.344 e. The van der Waals surface area contributed by atoms with Gasteiger partial charge in [-0.1, -0.05) is 47.1 Å². The molecule has 1 N–H and O–H groups in total. The van der Waals surface area contributed by atoms with Gasteiger partial charge in [-0.3, -0.25) is 4.79 Å². The first-order valence-corrected chi connectivity index (χ1v) is 9.00. The quantitative estimate of drug-likeness (QED) is 0.709. The highest BCUT2D eigenvalue weighted by atomic mass is 35.5. The van der Waals surface area contributed by atoms with Crippen molar-refractivity contribution in [2.45, 2.75) is 25.3 Å². The molecule has 1 aromatic heterocycles. The fourth-order valence-electron chi connectivity index (χ4n) is 2.78. The first-order valence-electron chi connectivity index (χ1n) is 8.63. The van der Waals surface area contributed by atoms with Crippen molar-refractivity contribution in [3.8, 4) is 11.4 Å². The normalized spacial score (nSPS) is 14.8. The van der Waals surface area contributed by atoms with E-state index in [0.717, 1.165) is 24.0 Å². The Balaban J connectivity index is 1.58. The summed E-state index contributed by atoms with van der Waals surface area (Å²) in [5.74, 6) is 1.06. The number of nitrogens with zero attached hydrogens (tertiary/aromatic N) is 2. The van der Waals surface area contributed by atoms with E-state index in [-0.39, 0.29) is 17.9 Å². The van der Waals surface area contributed by atoms with E-state index >= 15 is 0 Å². The number of hydrogen-bond acceptors (Lipinski definition) is 4. The van der Waals surface area contributed by atoms with Crippen molar-refractivity contribution in [2.24, 2.45) is 5.92 Å². The lowest BCUT2D eigenvalue weighted by atomic mass is 10.1. The molecule has 1 heterocycles. The van der Waals surface area contributed by atoms with Crippen LogP contribution in [0.5, 0.6) is 0 Å². The van der Waals surface area contributed by atoms with Gasteiger partial charge in [0.25, 0.3) is 0 Å². The maximum atomic E-state index is 12.3. The van der Waals surface area contributed by atoms with Crippen molar-refractivity contribution in [3.05, 3.63) is 71.1 Å². The molecule has 1 amide bonds. The van der Waals surface area contributed by atoms with E-state index < -0.39 is 0 Å². The average Bonchev–Trinajstić information content (AvgIpc) is 3.40. The van der Waals surface area contributed by atoms with E-state index in [1.54, 1.807) is 12.1 Å². The molecule has 0 bridgehead atoms. The Kier molecular flexibility index (Phi) is 4.71. The van der Waals surface area contributed by atoms with E-state index in [2.05, 4.69) is 15.5 Å². The molecule has 0 unspecified atom stereocenters. The van der Waals surface area contributed by atoms with Gasteiger partial charge in [-0.05, 0) is 42.7 Å². The van der Waals surface area contributed by atoms with Crippen LogP contribution in [0.2, 0.25) is 5.02 Å². The molecule has 5 nitrogen and oxygen atoms in total. The van der Waals surface area contributed by atoms with Crippen molar-refractivity contribution < 1.29 is 9.32 Å². The van der Waals surface area contributed by atoms with Crippen LogP contribution in [0.4, 0.5) is 0 Å². The first-order chi connectivity index (χ1) is 12.7. The van der Waals surface area contributed by atoms with E-state index in [0.29, 0.717) is 23.2 Å². The maximum absolute atomic E-state index is 12.3. The fraction of sp³-hybridized carbons (Fsp3) is 0.250. The van der Waals surface area contributed by atoms with Gasteiger partial charge in [-0.25, -0.2) is 0 Å². The van der Waals surface area contributed by atoms with Crippen molar-refractivity contribution >= 4 is 17.5 Å². The van der Waals surface area contributed by atoms with Crippen molar-refractivity contribution in [1.29, 1.82) is 0 Å². The highest BCUT2D eigenvalue weighted by Crippen LogP contribution is 2.30. The number of benzene rings is 2. The zero-order valence-electron chi connectivity index (χ0n) is 14.1. The molecular formula is C20H18ClN3O2. The number of carbonyl (C=O) groups excluding carboxylic acids is 1. The number of aromatic nitrogens is 2. The summed E-state index contributed by atoms with van der Waals surface area (Å²) in [4.78, 5) is 16.8. The Morgan fingerprint density at radius 2 is 1.88 bits per heavy atom. The van der Waals surface area contributed by atoms with Crippen molar-refractivity contribution in [3.63, 3.8) is 0 Å². The molecule has 6 heteroatoms. The lowest BCUT2D eigenvalue weighted by Gasteiger charge is -2.15. The molecule has 1 atom stereocenters. The summed E-state index contributed by atoms with van der Waals surface area (Å²) in [6.07, 6.45) is 2.50. The third kappa shape index (κ3) is 3.94. The van der Waals surface area contributed by atoms with Gasteiger partial charge < -0.3 is 9.84 Å². The van der Waals surface area contributed by atoms with Crippen molar-refractivity contribution in [2.75, 3.05) is 0 Å². The average molecular weight is 368 g/mol. The third-order valence-electron chi connectivity index (χ3n) is 4.39. The third-order valence-corrected chi connectivity index (χ3v) is 4.64. The number of carbonyl (C=O) groups is 1. The van der Waals surface area contributed by atoms with E-state index in [1.807, 2.05) is 42.5 Å². The van der Waals surface area contributed by atoms with Gasteiger partial charge in [0.1, 0.15) is 6.04 Å². The van der Waals surface area contributed by atoms with Gasteiger partial charge >= 0.3 is 0 Å². The Morgan fingerprint density at radius 3 is 2.58 bits per heavy atom. The molecule has 1 aliphatic rings. The van der Waals surface area contributed by atoms with Crippen LogP contribution < -0.4 is 5.32 Å². The number of halogens is 1. The van der Waals surface area contributed by atoms with Crippen LogP contribution in [0.3, 0.4) is 0 Å². The molecule has 1 aliphatic carbocycles. The van der Waals surface area contributed by atoms with Crippen LogP contribution in [0.15, 0.2) is 59.1 Å². The summed E-state index contributed by atoms with van der Waals surface area (Å²) >= 11 is 5.93. The minimum Gasteiger partial charge on any atom is -0.344 e. The monoisotopic (exact) mass is 367 g/mol. The molecule has 0 radical (unpaired) electrons. The van der Waals surface area contributed by atoms with Gasteiger partial charge in [0, 0.05) is 22.9 Å². The summed E-state index contributed by atoms with van der Waals surface area (Å²) in [5.41, 5.74) is 1.91. The minimum atomic E-state index is -0.348. The van der Waals surface area contributed by atoms with E-state index in [9.17, 15) is 4.79 Å². The Bertz CT molecular complexity index is 889. The van der Waals surface area contributed by atoms with Crippen LogP contribution in [-0.4, -0.2) is 16.0 Å². The first kappa shape index (κ1) is 16.8. The zero-order valence-corrected chi connectivity index (χ0v) is 14.8. The van der Waals surface area contributed by atoms with Crippen LogP contribution >= 0.6 is 11.6 Å². The van der Waals surface area contributed by atoms with Gasteiger partial charge in [0.2, 0.25) is 17.6 Å². The molecule has 3 aromatic rings. The second kappa shape index (κ2) is 7.30. The molecule has 1 fully saturated rings. The van der Waals surface area contributed by atoms with Gasteiger partial charge in [-0.15, -0.1) is 0 Å². The number of nitrogens with one attached hydrogen (secondary N) is 1. The minimum absolute atomic E-state index is 0.0529. The predicted octanol–water partition coefficient (Wildman–Crippen LogP) is 4.20. The number of amides is 1. The SMILES string of the molecule is O=C(N[C@@H](Cc1ccccc1)c1nc(-c2ccc(Cl)cc2)no1)C1CC1. The van der Waals surface area contributed by atoms with Crippen LogP contribution in [0.1, 0.15) is 30.3 Å². The van der Waals surface area contributed by atoms with Gasteiger partial charge in [0.05, 0.1) is 0 Å². The lowest BCUT2D eigenvalue weighted by molar-refractivity contribution is -0.123. The summed E-state index contributed by atoms with van der Waals surface area (Å²) in [6.45, 7) is 0. The van der Waals surface area contributed by atoms with Gasteiger partial charge in [0.15, 0.2) is 0 Å². The molecule has 0 aliphatic heterocycles. The molecule has 0 spiro atoms. The van der Waals surface area contributed by atoms with Crippen LogP contribution in [0.25, 0.3) is 11.4 Å². The Labute approximate surface area is 156 Å². The maximum Gasteiger partial charge on any atom is 0.249 e. The highest BCUT2D eigenvalue weighted by Gasteiger charge is 2.32. The second-order valence-electron chi connectivity index (χ2n) is 6.49. The molecule has 4 rings (SSSR count). The summed E-state index contributed by atoms with van der Waals surface area (Å²) in [5, 5.41) is 7.78. The second-order valence-corrected chi connectivity index (χ2v) is 6.92. The molecule has 132 valence electrons. The topological polar surface area (TPSA) is 68.0 Å². The molecular weight excluding hydrogens is 350 g/mol. The standard InChI is InChI=1S/C20H18ClN3O2/c21-16-10-8-14(9-11-16)18-23-20(26-24-18)17(22-19(25)15-6-7-15)12-13-4-2-1-3-5-13/h1-5,8-11,15,17H,6-7,12H2,(H,22,25)/t17-/m0/s1.